The van der Waals surface area contributed by atoms with E-state index in [4.69, 9.17) is 14.7 Å². The summed E-state index contributed by atoms with van der Waals surface area (Å²) in [6.07, 6.45) is -0.0553. The number of piperidine rings is 1. The molecule has 6 heteroatoms. The minimum absolute atomic E-state index is 0.00617. The average Bonchev–Trinajstić information content (AvgIpc) is 2.47. The number of hydrogen-bond acceptors (Lipinski definition) is 6. The summed E-state index contributed by atoms with van der Waals surface area (Å²) in [7, 11) is 0. The predicted molar refractivity (Wildman–Crippen MR) is 89.5 cm³/mol. The topological polar surface area (TPSA) is 79.2 Å². The first-order valence-corrected chi connectivity index (χ1v) is 8.32. The molecule has 0 bridgehead atoms. The Hall–Kier alpha value is -1.63. The summed E-state index contributed by atoms with van der Waals surface area (Å²) in [6.45, 7) is 6.24. The van der Waals surface area contributed by atoms with Gasteiger partial charge in [-0.05, 0) is 44.7 Å². The van der Waals surface area contributed by atoms with Crippen LogP contribution in [-0.4, -0.2) is 52.8 Å². The van der Waals surface area contributed by atoms with Crippen LogP contribution in [0.5, 0.6) is 0 Å². The number of ether oxygens (including phenoxy) is 1. The molecule has 2 unspecified atom stereocenters. The van der Waals surface area contributed by atoms with Gasteiger partial charge < -0.3 is 19.8 Å². The second kappa shape index (κ2) is 7.96. The van der Waals surface area contributed by atoms with Crippen molar-refractivity contribution >= 4 is 6.16 Å². The molecule has 1 heterocycles. The highest BCUT2D eigenvalue weighted by molar-refractivity contribution is 5.60. The van der Waals surface area contributed by atoms with Gasteiger partial charge in [-0.2, -0.15) is 0 Å². The molecule has 0 saturated carbocycles. The van der Waals surface area contributed by atoms with Crippen molar-refractivity contribution in [3.63, 3.8) is 0 Å². The summed E-state index contributed by atoms with van der Waals surface area (Å²) >= 11 is 0. The van der Waals surface area contributed by atoms with Crippen LogP contribution in [0.1, 0.15) is 44.2 Å². The van der Waals surface area contributed by atoms with Gasteiger partial charge in [-0.1, -0.05) is 24.3 Å². The molecule has 24 heavy (non-hydrogen) atoms. The third-order valence-electron chi connectivity index (χ3n) is 3.95. The SMILES string of the molecule is CC(C)(C)OC(=O)ON1CCC(c2ccc(CCO)cc2)C(O)C1. The number of carbonyl (C=O) groups is 1. The number of carbonyl (C=O) groups excluding carboxylic acids is 1. The number of aliphatic hydroxyl groups excluding tert-OH is 2. The fourth-order valence-electron chi connectivity index (χ4n) is 2.81. The highest BCUT2D eigenvalue weighted by Crippen LogP contribution is 2.29. The molecule has 2 N–H and O–H groups in total. The zero-order chi connectivity index (χ0) is 17.7. The van der Waals surface area contributed by atoms with E-state index in [-0.39, 0.29) is 19.1 Å². The van der Waals surface area contributed by atoms with Gasteiger partial charge in [0, 0.05) is 19.1 Å². The lowest BCUT2D eigenvalue weighted by atomic mass is 9.87. The number of hydrogen-bond donors (Lipinski definition) is 2. The predicted octanol–water partition coefficient (Wildman–Crippen LogP) is 2.24. The van der Waals surface area contributed by atoms with Gasteiger partial charge in [-0.3, -0.25) is 0 Å². The Morgan fingerprint density at radius 2 is 1.96 bits per heavy atom. The van der Waals surface area contributed by atoms with Crippen molar-refractivity contribution in [2.24, 2.45) is 0 Å². The van der Waals surface area contributed by atoms with Crippen molar-refractivity contribution in [1.29, 1.82) is 0 Å². The Bertz CT molecular complexity index is 537. The molecule has 6 nitrogen and oxygen atoms in total. The zero-order valence-electron chi connectivity index (χ0n) is 14.6. The molecule has 0 radical (unpaired) electrons. The lowest BCUT2D eigenvalue weighted by molar-refractivity contribution is -0.170. The fourth-order valence-corrected chi connectivity index (χ4v) is 2.81. The normalized spacial score (nSPS) is 22.2. The van der Waals surface area contributed by atoms with Crippen molar-refractivity contribution < 1.29 is 24.6 Å². The first-order chi connectivity index (χ1) is 11.3. The lowest BCUT2D eigenvalue weighted by Gasteiger charge is -2.35. The van der Waals surface area contributed by atoms with Crippen LogP contribution in [0.25, 0.3) is 0 Å². The van der Waals surface area contributed by atoms with Crippen LogP contribution >= 0.6 is 0 Å². The Labute approximate surface area is 142 Å². The molecular weight excluding hydrogens is 310 g/mol. The van der Waals surface area contributed by atoms with E-state index in [1.54, 1.807) is 20.8 Å². The number of hydroxylamine groups is 2. The van der Waals surface area contributed by atoms with E-state index in [9.17, 15) is 9.90 Å². The number of β-amino-alcohol motifs (C(OH)–C–C–N with tert-alkyl or cyclic N) is 1. The molecule has 0 amide bonds. The second-order valence-corrected chi connectivity index (χ2v) is 7.12. The molecule has 1 aromatic carbocycles. The summed E-state index contributed by atoms with van der Waals surface area (Å²) in [5.74, 6) is 0.00617. The smallest absolute Gasteiger partial charge is 0.427 e. The molecule has 1 fully saturated rings. The minimum Gasteiger partial charge on any atom is -0.427 e. The summed E-state index contributed by atoms with van der Waals surface area (Å²) in [5, 5.41) is 20.8. The van der Waals surface area contributed by atoms with Gasteiger partial charge in [-0.25, -0.2) is 4.79 Å². The quantitative estimate of drug-likeness (QED) is 0.820. The van der Waals surface area contributed by atoms with E-state index >= 15 is 0 Å². The molecule has 1 aromatic rings. The Balaban J connectivity index is 1.89. The van der Waals surface area contributed by atoms with E-state index in [1.165, 1.54) is 5.06 Å². The average molecular weight is 337 g/mol. The van der Waals surface area contributed by atoms with Crippen LogP contribution in [0, 0.1) is 0 Å². The molecular formula is C18H27NO5. The molecule has 0 aromatic heterocycles. The Morgan fingerprint density at radius 3 is 2.50 bits per heavy atom. The summed E-state index contributed by atoms with van der Waals surface area (Å²) < 4.78 is 5.12. The van der Waals surface area contributed by atoms with Gasteiger partial charge in [0.25, 0.3) is 0 Å². The number of benzene rings is 1. The van der Waals surface area contributed by atoms with Crippen molar-refractivity contribution in [3.8, 4) is 0 Å². The van der Waals surface area contributed by atoms with Gasteiger partial charge in [-0.15, -0.1) is 5.06 Å². The summed E-state index contributed by atoms with van der Waals surface area (Å²) in [6, 6.07) is 7.93. The minimum atomic E-state index is -0.749. The third-order valence-corrected chi connectivity index (χ3v) is 3.95. The lowest BCUT2D eigenvalue weighted by Crippen LogP contribution is -2.44. The summed E-state index contributed by atoms with van der Waals surface area (Å²) in [5.41, 5.74) is 1.52. The highest BCUT2D eigenvalue weighted by atomic mass is 16.8. The van der Waals surface area contributed by atoms with Crippen LogP contribution in [0.4, 0.5) is 4.79 Å². The van der Waals surface area contributed by atoms with Gasteiger partial charge in [0.2, 0.25) is 0 Å². The van der Waals surface area contributed by atoms with E-state index < -0.39 is 17.9 Å². The molecule has 1 aliphatic heterocycles. The standard InChI is InChI=1S/C18H27NO5/c1-18(2,3)23-17(22)24-19-10-8-15(16(21)12-19)14-6-4-13(5-7-14)9-11-20/h4-7,15-16,20-21H,8-12H2,1-3H3. The third kappa shape index (κ3) is 5.47. The van der Waals surface area contributed by atoms with Crippen molar-refractivity contribution in [2.45, 2.75) is 51.2 Å². The van der Waals surface area contributed by atoms with E-state index in [1.807, 2.05) is 24.3 Å². The van der Waals surface area contributed by atoms with E-state index in [0.29, 0.717) is 19.4 Å². The van der Waals surface area contributed by atoms with Crippen LogP contribution in [-0.2, 0) is 16.0 Å². The first kappa shape index (κ1) is 18.7. The van der Waals surface area contributed by atoms with Crippen LogP contribution in [0.3, 0.4) is 0 Å². The zero-order valence-corrected chi connectivity index (χ0v) is 14.6. The Kier molecular flexibility index (Phi) is 6.21. The molecule has 2 atom stereocenters. The molecule has 0 spiro atoms. The highest BCUT2D eigenvalue weighted by Gasteiger charge is 2.31. The van der Waals surface area contributed by atoms with E-state index in [2.05, 4.69) is 0 Å². The molecule has 2 rings (SSSR count). The molecule has 134 valence electrons. The van der Waals surface area contributed by atoms with Gasteiger partial charge in [0.15, 0.2) is 0 Å². The van der Waals surface area contributed by atoms with Crippen molar-refractivity contribution in [3.05, 3.63) is 35.4 Å². The van der Waals surface area contributed by atoms with Crippen LogP contribution in [0.15, 0.2) is 24.3 Å². The van der Waals surface area contributed by atoms with E-state index in [0.717, 1.165) is 11.1 Å². The second-order valence-electron chi connectivity index (χ2n) is 7.12. The van der Waals surface area contributed by atoms with Crippen LogP contribution in [0.2, 0.25) is 0 Å². The van der Waals surface area contributed by atoms with Crippen molar-refractivity contribution in [1.82, 2.24) is 5.06 Å². The number of nitrogens with zero attached hydrogens (tertiary/aromatic N) is 1. The number of aliphatic hydroxyl groups is 2. The van der Waals surface area contributed by atoms with Gasteiger partial charge >= 0.3 is 6.16 Å². The molecule has 0 aliphatic carbocycles. The maximum atomic E-state index is 11.7. The molecule has 1 saturated heterocycles. The van der Waals surface area contributed by atoms with Gasteiger partial charge in [0.1, 0.15) is 5.60 Å². The van der Waals surface area contributed by atoms with Gasteiger partial charge in [0.05, 0.1) is 12.6 Å². The largest absolute Gasteiger partial charge is 0.528 e. The summed E-state index contributed by atoms with van der Waals surface area (Å²) in [4.78, 5) is 16.9. The Morgan fingerprint density at radius 1 is 1.29 bits per heavy atom. The maximum absolute atomic E-state index is 11.7. The first-order valence-electron chi connectivity index (χ1n) is 8.32. The monoisotopic (exact) mass is 337 g/mol. The maximum Gasteiger partial charge on any atom is 0.528 e. The molecule has 1 aliphatic rings. The van der Waals surface area contributed by atoms with Crippen LogP contribution < -0.4 is 0 Å². The fraction of sp³-hybridized carbons (Fsp3) is 0.611. The van der Waals surface area contributed by atoms with Crippen molar-refractivity contribution in [2.75, 3.05) is 19.7 Å². The number of rotatable bonds is 4.